The van der Waals surface area contributed by atoms with Crippen molar-refractivity contribution in [2.75, 3.05) is 11.9 Å². The Morgan fingerprint density at radius 2 is 1.84 bits per heavy atom. The van der Waals surface area contributed by atoms with Crippen LogP contribution in [0.25, 0.3) is 0 Å². The van der Waals surface area contributed by atoms with E-state index in [1.54, 1.807) is 0 Å². The van der Waals surface area contributed by atoms with Gasteiger partial charge in [0.1, 0.15) is 17.9 Å². The molecule has 158 valence electrons. The van der Waals surface area contributed by atoms with Crippen molar-refractivity contribution >= 4 is 23.4 Å². The van der Waals surface area contributed by atoms with Crippen LogP contribution in [0.3, 0.4) is 0 Å². The van der Waals surface area contributed by atoms with Crippen LogP contribution in [0.4, 0.5) is 5.69 Å². The Labute approximate surface area is 181 Å². The maximum Gasteiger partial charge on any atom is 0.291 e. The second kappa shape index (κ2) is 6.26. The van der Waals surface area contributed by atoms with Crippen LogP contribution in [-0.4, -0.2) is 35.2 Å². The minimum absolute atomic E-state index is 0.0144. The molecule has 2 N–H and O–H groups in total. The van der Waals surface area contributed by atoms with Crippen molar-refractivity contribution in [3.05, 3.63) is 64.7 Å². The smallest absolute Gasteiger partial charge is 0.291 e. The molecule has 6 nitrogen and oxygen atoms in total. The molecule has 4 heterocycles. The molecule has 3 saturated heterocycles. The molecule has 31 heavy (non-hydrogen) atoms. The number of hydrogen-bond donors (Lipinski definition) is 2. The first-order valence-corrected chi connectivity index (χ1v) is 11.1. The lowest BCUT2D eigenvalue weighted by molar-refractivity contribution is -0.948. The van der Waals surface area contributed by atoms with Gasteiger partial charge < -0.3 is 10.2 Å². The molecule has 4 aliphatic rings. The molecule has 1 unspecified atom stereocenters. The van der Waals surface area contributed by atoms with Crippen molar-refractivity contribution in [1.82, 2.24) is 4.90 Å². The van der Waals surface area contributed by atoms with Gasteiger partial charge in [-0.25, -0.2) is 0 Å². The summed E-state index contributed by atoms with van der Waals surface area (Å²) in [6.45, 7) is 5.13. The quantitative estimate of drug-likeness (QED) is 0.726. The summed E-state index contributed by atoms with van der Waals surface area (Å²) in [5.74, 6) is -1.47. The van der Waals surface area contributed by atoms with Crippen molar-refractivity contribution < 1.29 is 19.3 Å². The van der Waals surface area contributed by atoms with E-state index >= 15 is 0 Å². The zero-order chi connectivity index (χ0) is 21.5. The fourth-order valence-electron chi connectivity index (χ4n) is 6.76. The summed E-state index contributed by atoms with van der Waals surface area (Å²) in [7, 11) is 0. The summed E-state index contributed by atoms with van der Waals surface area (Å²) in [5, 5.41) is 3.12. The van der Waals surface area contributed by atoms with E-state index in [1.165, 1.54) is 4.90 Å². The molecular weight excluding hydrogens is 390 g/mol. The lowest BCUT2D eigenvalue weighted by Crippen LogP contribution is -3.19. The first-order valence-electron chi connectivity index (χ1n) is 11.1. The third-order valence-electron chi connectivity index (χ3n) is 8.20. The first kappa shape index (κ1) is 18.8. The number of imide groups is 1. The average Bonchev–Trinajstić information content (AvgIpc) is 3.47. The van der Waals surface area contributed by atoms with Gasteiger partial charge in [0.05, 0.1) is 18.8 Å². The summed E-state index contributed by atoms with van der Waals surface area (Å²) < 4.78 is 0. The minimum atomic E-state index is -1.00. The number of aryl methyl sites for hydroxylation is 1. The molecule has 4 aliphatic heterocycles. The van der Waals surface area contributed by atoms with E-state index in [2.05, 4.69) is 5.32 Å². The highest BCUT2D eigenvalue weighted by Crippen LogP contribution is 2.52. The second-order valence-electron chi connectivity index (χ2n) is 9.47. The highest BCUT2D eigenvalue weighted by Gasteiger charge is 2.78. The summed E-state index contributed by atoms with van der Waals surface area (Å²) in [6.07, 6.45) is 1.85. The number of nitrogens with zero attached hydrogens (tertiary/aromatic N) is 1. The number of rotatable bonds is 2. The Morgan fingerprint density at radius 3 is 2.61 bits per heavy atom. The van der Waals surface area contributed by atoms with Gasteiger partial charge in [-0.2, -0.15) is 0 Å². The van der Waals surface area contributed by atoms with E-state index in [4.69, 9.17) is 0 Å². The summed E-state index contributed by atoms with van der Waals surface area (Å²) >= 11 is 0. The first-order chi connectivity index (χ1) is 15.0. The molecule has 2 aromatic carbocycles. The maximum atomic E-state index is 13.8. The number of benzene rings is 2. The predicted molar refractivity (Wildman–Crippen MR) is 114 cm³/mol. The molecule has 2 aromatic rings. The van der Waals surface area contributed by atoms with Crippen LogP contribution in [0.2, 0.25) is 0 Å². The van der Waals surface area contributed by atoms with Gasteiger partial charge in [0.25, 0.3) is 5.91 Å². The van der Waals surface area contributed by atoms with E-state index in [-0.39, 0.29) is 30.3 Å². The topological polar surface area (TPSA) is 70.9 Å². The number of fused-ring (bicyclic) bond motifs is 7. The molecule has 6 rings (SSSR count). The van der Waals surface area contributed by atoms with Gasteiger partial charge in [0.2, 0.25) is 17.4 Å². The van der Waals surface area contributed by atoms with Crippen molar-refractivity contribution in [2.45, 2.75) is 44.8 Å². The number of likely N-dealkylation sites (tertiary alicyclic amines) is 1. The van der Waals surface area contributed by atoms with E-state index in [1.807, 2.05) is 56.3 Å². The third-order valence-corrected chi connectivity index (χ3v) is 8.20. The Bertz CT molecular complexity index is 1140. The van der Waals surface area contributed by atoms with Crippen molar-refractivity contribution in [2.24, 2.45) is 11.8 Å². The number of carbonyl (C=O) groups excluding carboxylic acids is 3. The normalized spacial score (nSPS) is 33.1. The van der Waals surface area contributed by atoms with Crippen LogP contribution in [0.5, 0.6) is 0 Å². The SMILES string of the molecule is Cc1ccc2c(c1C)NC(=O)[C@]21[C@@H]2C(=O)N(Cc3ccccc3)C(=O)[C@@H]2[C@@H]2CCC[NH+]21. The fourth-order valence-corrected chi connectivity index (χ4v) is 6.76. The molecule has 0 aliphatic carbocycles. The second-order valence-corrected chi connectivity index (χ2v) is 9.47. The average molecular weight is 417 g/mol. The van der Waals surface area contributed by atoms with Crippen LogP contribution >= 0.6 is 0 Å². The molecule has 5 atom stereocenters. The van der Waals surface area contributed by atoms with Crippen molar-refractivity contribution in [1.29, 1.82) is 0 Å². The van der Waals surface area contributed by atoms with Crippen molar-refractivity contribution in [3.8, 4) is 0 Å². The Balaban J connectivity index is 1.51. The molecule has 1 spiro atoms. The maximum absolute atomic E-state index is 13.8. The van der Waals surface area contributed by atoms with Crippen LogP contribution in [0.1, 0.15) is 35.1 Å². The van der Waals surface area contributed by atoms with E-state index < -0.39 is 17.4 Å². The zero-order valence-corrected chi connectivity index (χ0v) is 17.8. The monoisotopic (exact) mass is 416 g/mol. The van der Waals surface area contributed by atoms with Gasteiger partial charge in [0, 0.05) is 18.4 Å². The standard InChI is InChI=1S/C25H25N3O3/c1-14-10-11-17-21(15(14)2)26-24(31)25(17)20-19(18-9-6-12-28(18)25)22(29)27(23(20)30)13-16-7-4-3-5-8-16/h3-5,7-8,10-11,18-20H,6,9,12-13H2,1-2H3,(H,26,31)/p+1/t18-,19+,20-,25+/m0/s1. The zero-order valence-electron chi connectivity index (χ0n) is 17.8. The lowest BCUT2D eigenvalue weighted by atomic mass is 9.75. The van der Waals surface area contributed by atoms with Crippen LogP contribution in [0.15, 0.2) is 42.5 Å². The van der Waals surface area contributed by atoms with Crippen molar-refractivity contribution in [3.63, 3.8) is 0 Å². The van der Waals surface area contributed by atoms with Gasteiger partial charge in [-0.05, 0) is 36.6 Å². The van der Waals surface area contributed by atoms with Gasteiger partial charge >= 0.3 is 0 Å². The highest BCUT2D eigenvalue weighted by atomic mass is 16.2. The van der Waals surface area contributed by atoms with Gasteiger partial charge in [-0.3, -0.25) is 19.3 Å². The minimum Gasteiger partial charge on any atom is -0.320 e. The van der Waals surface area contributed by atoms with E-state index in [9.17, 15) is 14.4 Å². The number of carbonyl (C=O) groups is 3. The largest absolute Gasteiger partial charge is 0.320 e. The van der Waals surface area contributed by atoms with Crippen LogP contribution in [-0.2, 0) is 26.5 Å². The summed E-state index contributed by atoms with van der Waals surface area (Å²) in [4.78, 5) is 43.6. The predicted octanol–water partition coefficient (Wildman–Crippen LogP) is 1.31. The number of hydrogen-bond acceptors (Lipinski definition) is 3. The van der Waals surface area contributed by atoms with E-state index in [0.29, 0.717) is 0 Å². The summed E-state index contributed by atoms with van der Waals surface area (Å²) in [6, 6.07) is 13.7. The molecule has 3 fully saturated rings. The number of quaternary nitrogens is 1. The lowest BCUT2D eigenvalue weighted by Gasteiger charge is -2.33. The number of amides is 3. The van der Waals surface area contributed by atoms with Gasteiger partial charge in [0.15, 0.2) is 0 Å². The fraction of sp³-hybridized carbons (Fsp3) is 0.400. The molecule has 6 heteroatoms. The van der Waals surface area contributed by atoms with Crippen LogP contribution in [0, 0.1) is 25.7 Å². The molecule has 3 amide bonds. The van der Waals surface area contributed by atoms with Crippen LogP contribution < -0.4 is 10.2 Å². The van der Waals surface area contributed by atoms with E-state index in [0.717, 1.165) is 52.2 Å². The Hall–Kier alpha value is -2.99. The molecule has 0 bridgehead atoms. The molecule has 0 saturated carbocycles. The molecule has 0 aromatic heterocycles. The van der Waals surface area contributed by atoms with Gasteiger partial charge in [-0.1, -0.05) is 36.4 Å². The third kappa shape index (κ3) is 2.18. The molecular formula is C25H26N3O3+. The highest BCUT2D eigenvalue weighted by molar-refractivity contribution is 6.14. The van der Waals surface area contributed by atoms with Gasteiger partial charge in [-0.15, -0.1) is 0 Å². The Morgan fingerprint density at radius 1 is 1.06 bits per heavy atom. The number of nitrogens with one attached hydrogen (secondary N) is 2. The summed E-state index contributed by atoms with van der Waals surface area (Å²) in [5.41, 5.74) is 3.81. The number of anilines is 1. The molecule has 0 radical (unpaired) electrons. The Kier molecular flexibility index (Phi) is 3.79.